The Hall–Kier alpha value is -2.74. The van der Waals surface area contributed by atoms with Crippen LogP contribution in [0.15, 0.2) is 29.4 Å². The number of rotatable bonds is 6. The molecule has 1 amide bonds. The van der Waals surface area contributed by atoms with Crippen LogP contribution in [0.3, 0.4) is 0 Å². The molecule has 1 N–H and O–H groups in total. The van der Waals surface area contributed by atoms with Gasteiger partial charge in [-0.15, -0.1) is 0 Å². The molecule has 0 spiro atoms. The Labute approximate surface area is 160 Å². The Morgan fingerprint density at radius 1 is 1.15 bits per heavy atom. The molecule has 0 radical (unpaired) electrons. The highest BCUT2D eigenvalue weighted by molar-refractivity contribution is 7.99. The molecule has 1 aromatic carbocycles. The van der Waals surface area contributed by atoms with Gasteiger partial charge in [0.15, 0.2) is 17.5 Å². The Morgan fingerprint density at radius 2 is 1.89 bits per heavy atom. The minimum Gasteiger partial charge on any atom is -0.457 e. The predicted octanol–water partition coefficient (Wildman–Crippen LogP) is 2.50. The molecule has 8 heteroatoms. The van der Waals surface area contributed by atoms with Crippen molar-refractivity contribution >= 4 is 35.1 Å². The van der Waals surface area contributed by atoms with Crippen LogP contribution in [0.5, 0.6) is 0 Å². The normalized spacial score (nSPS) is 12.9. The Bertz CT molecular complexity index is 894. The lowest BCUT2D eigenvalue weighted by atomic mass is 9.99. The van der Waals surface area contributed by atoms with E-state index in [4.69, 9.17) is 4.74 Å². The number of anilines is 1. The van der Waals surface area contributed by atoms with Crippen molar-refractivity contribution < 1.29 is 19.1 Å². The number of esters is 1. The SMILES string of the molecule is Cc1cc(C)nc(SCC(=O)OCC(=O)c2ccc3c(c2)CCC(=O)N3)n1. The maximum Gasteiger partial charge on any atom is 0.316 e. The zero-order valence-electron chi connectivity index (χ0n) is 15.1. The number of amides is 1. The maximum atomic E-state index is 12.3. The highest BCUT2D eigenvalue weighted by atomic mass is 32.2. The summed E-state index contributed by atoms with van der Waals surface area (Å²) < 4.78 is 5.07. The number of hydrogen-bond acceptors (Lipinski definition) is 7. The van der Waals surface area contributed by atoms with Crippen molar-refractivity contribution in [3.8, 4) is 0 Å². The number of thioether (sulfide) groups is 1. The summed E-state index contributed by atoms with van der Waals surface area (Å²) in [5.74, 6) is -0.773. The van der Waals surface area contributed by atoms with Gasteiger partial charge in [-0.3, -0.25) is 14.4 Å². The standard InChI is InChI=1S/C19H19N3O4S/c1-11-7-12(2)21-19(20-11)27-10-18(25)26-9-16(23)14-3-5-15-13(8-14)4-6-17(24)22-15/h3,5,7-8H,4,6,9-10H2,1-2H3,(H,22,24). The minimum absolute atomic E-state index is 0.0270. The summed E-state index contributed by atoms with van der Waals surface area (Å²) in [4.78, 5) is 44.0. The van der Waals surface area contributed by atoms with Gasteiger partial charge >= 0.3 is 5.97 Å². The molecule has 1 aromatic heterocycles. The number of nitrogens with zero attached hydrogens (tertiary/aromatic N) is 2. The van der Waals surface area contributed by atoms with Gasteiger partial charge in [-0.2, -0.15) is 0 Å². The number of aryl methyl sites for hydroxylation is 3. The van der Waals surface area contributed by atoms with E-state index < -0.39 is 5.97 Å². The van der Waals surface area contributed by atoms with Gasteiger partial charge in [0.2, 0.25) is 5.91 Å². The quantitative estimate of drug-likeness (QED) is 0.353. The third-order valence-corrected chi connectivity index (χ3v) is 4.79. The van der Waals surface area contributed by atoms with Gasteiger partial charge in [-0.1, -0.05) is 11.8 Å². The summed E-state index contributed by atoms with van der Waals surface area (Å²) in [6.45, 7) is 3.40. The fourth-order valence-electron chi connectivity index (χ4n) is 2.71. The summed E-state index contributed by atoms with van der Waals surface area (Å²) in [6.07, 6.45) is 0.992. The number of fused-ring (bicyclic) bond motifs is 1. The average Bonchev–Trinajstić information content (AvgIpc) is 2.63. The lowest BCUT2D eigenvalue weighted by Gasteiger charge is -2.17. The zero-order valence-corrected chi connectivity index (χ0v) is 15.9. The van der Waals surface area contributed by atoms with Gasteiger partial charge in [0, 0.05) is 29.1 Å². The summed E-state index contributed by atoms with van der Waals surface area (Å²) in [5, 5.41) is 3.27. The van der Waals surface area contributed by atoms with E-state index in [0.29, 0.717) is 23.6 Å². The molecule has 0 atom stereocenters. The molecule has 0 unspecified atom stereocenters. The second-order valence-corrected chi connectivity index (χ2v) is 7.17. The number of hydrogen-bond donors (Lipinski definition) is 1. The molecule has 7 nitrogen and oxygen atoms in total. The van der Waals surface area contributed by atoms with Crippen molar-refractivity contribution in [3.05, 3.63) is 46.8 Å². The predicted molar refractivity (Wildman–Crippen MR) is 101 cm³/mol. The van der Waals surface area contributed by atoms with Gasteiger partial charge < -0.3 is 10.1 Å². The van der Waals surface area contributed by atoms with Crippen LogP contribution >= 0.6 is 11.8 Å². The average molecular weight is 385 g/mol. The lowest BCUT2D eigenvalue weighted by molar-refractivity contribution is -0.139. The van der Waals surface area contributed by atoms with Crippen LogP contribution < -0.4 is 5.32 Å². The number of carbonyl (C=O) groups excluding carboxylic acids is 3. The van der Waals surface area contributed by atoms with E-state index >= 15 is 0 Å². The molecule has 1 aliphatic heterocycles. The Morgan fingerprint density at radius 3 is 2.63 bits per heavy atom. The Kier molecular flexibility index (Phi) is 5.85. The molecule has 0 saturated heterocycles. The molecule has 3 rings (SSSR count). The molecule has 27 heavy (non-hydrogen) atoms. The van der Waals surface area contributed by atoms with Crippen LogP contribution in [0, 0.1) is 13.8 Å². The van der Waals surface area contributed by atoms with Gasteiger partial charge in [0.25, 0.3) is 0 Å². The fraction of sp³-hybridized carbons (Fsp3) is 0.316. The first-order valence-corrected chi connectivity index (χ1v) is 9.46. The molecule has 0 fully saturated rings. The first-order chi connectivity index (χ1) is 12.9. The van der Waals surface area contributed by atoms with Crippen LogP contribution in [0.2, 0.25) is 0 Å². The van der Waals surface area contributed by atoms with Crippen molar-refractivity contribution in [3.63, 3.8) is 0 Å². The second kappa shape index (κ2) is 8.30. The summed E-state index contributed by atoms with van der Waals surface area (Å²) >= 11 is 1.17. The molecule has 2 heterocycles. The minimum atomic E-state index is -0.499. The summed E-state index contributed by atoms with van der Waals surface area (Å²) in [6, 6.07) is 6.92. The van der Waals surface area contributed by atoms with Crippen LogP contribution in [0.25, 0.3) is 0 Å². The van der Waals surface area contributed by atoms with Crippen LogP contribution in [0.4, 0.5) is 5.69 Å². The van der Waals surface area contributed by atoms with E-state index in [9.17, 15) is 14.4 Å². The molecule has 140 valence electrons. The van der Waals surface area contributed by atoms with Crippen molar-refractivity contribution in [2.75, 3.05) is 17.7 Å². The van der Waals surface area contributed by atoms with E-state index in [2.05, 4.69) is 15.3 Å². The van der Waals surface area contributed by atoms with E-state index in [0.717, 1.165) is 22.6 Å². The Balaban J connectivity index is 1.51. The fourth-order valence-corrected chi connectivity index (χ4v) is 3.46. The third-order valence-electron chi connectivity index (χ3n) is 3.97. The van der Waals surface area contributed by atoms with Gasteiger partial charge in [-0.05, 0) is 50.1 Å². The largest absolute Gasteiger partial charge is 0.457 e. The highest BCUT2D eigenvalue weighted by Crippen LogP contribution is 2.23. The summed E-state index contributed by atoms with van der Waals surface area (Å²) in [7, 11) is 0. The van der Waals surface area contributed by atoms with E-state index in [-0.39, 0.29) is 24.1 Å². The molecule has 0 saturated carbocycles. The van der Waals surface area contributed by atoms with E-state index in [1.54, 1.807) is 18.2 Å². The smallest absolute Gasteiger partial charge is 0.316 e. The molecule has 1 aliphatic rings. The number of aromatic nitrogens is 2. The second-order valence-electron chi connectivity index (χ2n) is 6.23. The molecule has 2 aromatic rings. The number of Topliss-reactive ketones (excluding diaryl/α,β-unsaturated/α-hetero) is 1. The van der Waals surface area contributed by atoms with Crippen molar-refractivity contribution in [1.29, 1.82) is 0 Å². The topological polar surface area (TPSA) is 98.2 Å². The third kappa shape index (κ3) is 5.13. The van der Waals surface area contributed by atoms with Gasteiger partial charge in [0.1, 0.15) is 0 Å². The van der Waals surface area contributed by atoms with Crippen molar-refractivity contribution in [1.82, 2.24) is 9.97 Å². The molecular formula is C19H19N3O4S. The first-order valence-electron chi connectivity index (χ1n) is 8.47. The van der Waals surface area contributed by atoms with E-state index in [1.807, 2.05) is 19.9 Å². The van der Waals surface area contributed by atoms with Gasteiger partial charge in [0.05, 0.1) is 5.75 Å². The maximum absolute atomic E-state index is 12.3. The van der Waals surface area contributed by atoms with Crippen molar-refractivity contribution in [2.24, 2.45) is 0 Å². The number of ketones is 1. The number of carbonyl (C=O) groups is 3. The number of ether oxygens (including phenoxy) is 1. The van der Waals surface area contributed by atoms with Crippen LogP contribution in [0.1, 0.15) is 33.7 Å². The monoisotopic (exact) mass is 385 g/mol. The van der Waals surface area contributed by atoms with Crippen LogP contribution in [-0.4, -0.2) is 40.0 Å². The number of benzene rings is 1. The number of nitrogens with one attached hydrogen (secondary N) is 1. The molecule has 0 bridgehead atoms. The van der Waals surface area contributed by atoms with Gasteiger partial charge in [-0.25, -0.2) is 9.97 Å². The molecular weight excluding hydrogens is 366 g/mol. The highest BCUT2D eigenvalue weighted by Gasteiger charge is 2.17. The molecule has 0 aliphatic carbocycles. The first kappa shape index (κ1) is 19.0. The van der Waals surface area contributed by atoms with E-state index in [1.165, 1.54) is 11.8 Å². The van der Waals surface area contributed by atoms with Crippen molar-refractivity contribution in [2.45, 2.75) is 31.8 Å². The van der Waals surface area contributed by atoms with Crippen LogP contribution in [-0.2, 0) is 20.7 Å². The lowest BCUT2D eigenvalue weighted by Crippen LogP contribution is -2.20. The summed E-state index contributed by atoms with van der Waals surface area (Å²) in [5.41, 5.74) is 3.76. The zero-order chi connectivity index (χ0) is 19.4.